The summed E-state index contributed by atoms with van der Waals surface area (Å²) in [5, 5.41) is 0. The number of hydrogen-bond acceptors (Lipinski definition) is 2. The smallest absolute Gasteiger partial charge is 0.212 e. The Labute approximate surface area is 103 Å². The quantitative estimate of drug-likeness (QED) is 0.632. The zero-order valence-electron chi connectivity index (χ0n) is 7.91. The fourth-order valence-electron chi connectivity index (χ4n) is 1.19. The van der Waals surface area contributed by atoms with Gasteiger partial charge in [0.2, 0.25) is 9.05 Å². The van der Waals surface area contributed by atoms with Crippen LogP contribution < -0.4 is 0 Å². The summed E-state index contributed by atoms with van der Waals surface area (Å²) in [6.07, 6.45) is 0.527. The minimum atomic E-state index is -3.49. The minimum Gasteiger partial charge on any atom is -0.212 e. The van der Waals surface area contributed by atoms with Crippen molar-refractivity contribution in [2.75, 3.05) is 5.75 Å². The highest BCUT2D eigenvalue weighted by Gasteiger charge is 2.08. The maximum Gasteiger partial charge on any atom is 0.236 e. The minimum absolute atomic E-state index is 0.176. The molecule has 1 aromatic carbocycles. The highest BCUT2D eigenvalue weighted by Crippen LogP contribution is 2.14. The Kier molecular flexibility index (Phi) is 4.37. The van der Waals surface area contributed by atoms with Gasteiger partial charge in [0.1, 0.15) is 0 Å². The van der Waals surface area contributed by atoms with Gasteiger partial charge in [-0.2, -0.15) is 0 Å². The molecule has 15 heavy (non-hydrogen) atoms. The van der Waals surface area contributed by atoms with Gasteiger partial charge in [-0.25, -0.2) is 8.42 Å². The second kappa shape index (κ2) is 5.14. The predicted molar refractivity (Wildman–Crippen MR) is 66.6 cm³/mol. The van der Waals surface area contributed by atoms with Crippen molar-refractivity contribution in [2.24, 2.45) is 0 Å². The molecule has 0 saturated carbocycles. The van der Waals surface area contributed by atoms with Gasteiger partial charge >= 0.3 is 0 Å². The van der Waals surface area contributed by atoms with Crippen LogP contribution >= 0.6 is 26.6 Å². The molecule has 0 atom stereocenters. The van der Waals surface area contributed by atoms with Crippen molar-refractivity contribution in [1.29, 1.82) is 0 Å². The summed E-state index contributed by atoms with van der Waals surface area (Å²) in [4.78, 5) is 0. The van der Waals surface area contributed by atoms with E-state index in [1.54, 1.807) is 0 Å². The third-order valence-corrected chi connectivity index (χ3v) is 3.35. The van der Waals surface area contributed by atoms with Crippen LogP contribution in [-0.4, -0.2) is 14.2 Å². The van der Waals surface area contributed by atoms with Gasteiger partial charge in [-0.1, -0.05) is 40.2 Å². The number of hydrogen-bond donors (Lipinski definition) is 0. The Morgan fingerprint density at radius 1 is 1.33 bits per heavy atom. The van der Waals surface area contributed by atoms with E-state index in [0.717, 1.165) is 10.0 Å². The second-order valence-corrected chi connectivity index (χ2v) is 6.93. The predicted octanol–water partition coefficient (Wildman–Crippen LogP) is 3.12. The highest BCUT2D eigenvalue weighted by molar-refractivity contribution is 9.10. The molecule has 0 aliphatic carbocycles. The van der Waals surface area contributed by atoms with E-state index in [9.17, 15) is 8.42 Å². The van der Waals surface area contributed by atoms with E-state index in [1.165, 1.54) is 0 Å². The molecule has 0 N–H and O–H groups in total. The van der Waals surface area contributed by atoms with Gasteiger partial charge in [-0.05, 0) is 24.1 Å². The fraction of sp³-hybridized carbons (Fsp3) is 0.200. The van der Waals surface area contributed by atoms with Crippen molar-refractivity contribution >= 4 is 35.7 Å². The zero-order chi connectivity index (χ0) is 11.5. The first-order chi connectivity index (χ1) is 6.87. The molecule has 0 bridgehead atoms. The number of halogens is 2. The molecule has 0 aliphatic rings. The molecule has 0 amide bonds. The van der Waals surface area contributed by atoms with Gasteiger partial charge in [0.05, 0.1) is 5.75 Å². The van der Waals surface area contributed by atoms with Crippen LogP contribution in [0.15, 0.2) is 40.9 Å². The van der Waals surface area contributed by atoms with Crippen LogP contribution in [0.4, 0.5) is 0 Å². The normalized spacial score (nSPS) is 11.3. The molecular formula is C10H10BrClO2S. The van der Waals surface area contributed by atoms with Crippen LogP contribution in [0.3, 0.4) is 0 Å². The van der Waals surface area contributed by atoms with E-state index < -0.39 is 9.05 Å². The van der Waals surface area contributed by atoms with Crippen molar-refractivity contribution in [3.05, 3.63) is 46.5 Å². The van der Waals surface area contributed by atoms with E-state index in [1.807, 2.05) is 24.3 Å². The van der Waals surface area contributed by atoms with Crippen molar-refractivity contribution in [2.45, 2.75) is 6.42 Å². The Morgan fingerprint density at radius 3 is 2.33 bits per heavy atom. The van der Waals surface area contributed by atoms with Gasteiger partial charge in [0, 0.05) is 15.2 Å². The van der Waals surface area contributed by atoms with Crippen molar-refractivity contribution < 1.29 is 8.42 Å². The average molecular weight is 310 g/mol. The maximum atomic E-state index is 10.8. The van der Waals surface area contributed by atoms with Crippen LogP contribution in [0.2, 0.25) is 0 Å². The van der Waals surface area contributed by atoms with Crippen LogP contribution in [-0.2, 0) is 15.5 Å². The summed E-state index contributed by atoms with van der Waals surface area (Å²) < 4.78 is 22.6. The standard InChI is InChI=1S/C10H10BrClO2S/c1-8(7-15(12,13)14)6-9-2-4-10(11)5-3-9/h2-5H,1,6-7H2. The molecular weight excluding hydrogens is 300 g/mol. The van der Waals surface area contributed by atoms with Crippen molar-refractivity contribution in [3.63, 3.8) is 0 Å². The summed E-state index contributed by atoms with van der Waals surface area (Å²) in [6, 6.07) is 7.63. The topological polar surface area (TPSA) is 34.1 Å². The molecule has 0 saturated heterocycles. The third-order valence-electron chi connectivity index (χ3n) is 1.74. The Bertz CT molecular complexity index is 451. The SMILES string of the molecule is C=C(Cc1ccc(Br)cc1)CS(=O)(=O)Cl. The molecule has 2 nitrogen and oxygen atoms in total. The molecule has 82 valence electrons. The molecule has 0 radical (unpaired) electrons. The summed E-state index contributed by atoms with van der Waals surface area (Å²) >= 11 is 3.32. The fourth-order valence-corrected chi connectivity index (χ4v) is 2.50. The van der Waals surface area contributed by atoms with Gasteiger partial charge in [-0.3, -0.25) is 0 Å². The number of benzene rings is 1. The maximum absolute atomic E-state index is 10.8. The zero-order valence-corrected chi connectivity index (χ0v) is 11.1. The molecule has 0 aromatic heterocycles. The summed E-state index contributed by atoms with van der Waals surface area (Å²) in [5.74, 6) is -0.176. The Hall–Kier alpha value is -0.320. The van der Waals surface area contributed by atoms with Gasteiger partial charge in [0.15, 0.2) is 0 Å². The van der Waals surface area contributed by atoms with Crippen LogP contribution in [0.5, 0.6) is 0 Å². The van der Waals surface area contributed by atoms with Gasteiger partial charge < -0.3 is 0 Å². The lowest BCUT2D eigenvalue weighted by molar-refractivity contribution is 0.611. The lowest BCUT2D eigenvalue weighted by atomic mass is 10.1. The second-order valence-electron chi connectivity index (χ2n) is 3.24. The van der Waals surface area contributed by atoms with Crippen LogP contribution in [0, 0.1) is 0 Å². The molecule has 0 heterocycles. The summed E-state index contributed by atoms with van der Waals surface area (Å²) in [6.45, 7) is 3.68. The first kappa shape index (κ1) is 12.7. The molecule has 5 heteroatoms. The molecule has 0 fully saturated rings. The Morgan fingerprint density at radius 2 is 1.87 bits per heavy atom. The number of rotatable bonds is 4. The lowest BCUT2D eigenvalue weighted by Gasteiger charge is -2.03. The van der Waals surface area contributed by atoms with Gasteiger partial charge in [-0.15, -0.1) is 0 Å². The van der Waals surface area contributed by atoms with Gasteiger partial charge in [0.25, 0.3) is 0 Å². The van der Waals surface area contributed by atoms with Crippen molar-refractivity contribution in [3.8, 4) is 0 Å². The van der Waals surface area contributed by atoms with Crippen LogP contribution in [0.25, 0.3) is 0 Å². The third kappa shape index (κ3) is 5.35. The van der Waals surface area contributed by atoms with E-state index >= 15 is 0 Å². The summed E-state index contributed by atoms with van der Waals surface area (Å²) in [7, 11) is 1.64. The molecule has 0 spiro atoms. The first-order valence-corrected chi connectivity index (χ1v) is 7.47. The van der Waals surface area contributed by atoms with E-state index in [4.69, 9.17) is 10.7 Å². The first-order valence-electron chi connectivity index (χ1n) is 4.20. The van der Waals surface area contributed by atoms with Crippen LogP contribution in [0.1, 0.15) is 5.56 Å². The average Bonchev–Trinajstić information content (AvgIpc) is 2.05. The molecule has 1 aromatic rings. The lowest BCUT2D eigenvalue weighted by Crippen LogP contribution is -2.02. The molecule has 0 unspecified atom stereocenters. The Balaban J connectivity index is 2.63. The molecule has 1 rings (SSSR count). The van der Waals surface area contributed by atoms with E-state index in [0.29, 0.717) is 12.0 Å². The van der Waals surface area contributed by atoms with E-state index in [2.05, 4.69) is 22.5 Å². The van der Waals surface area contributed by atoms with E-state index in [-0.39, 0.29) is 5.75 Å². The molecule has 0 aliphatic heterocycles. The van der Waals surface area contributed by atoms with Crippen molar-refractivity contribution in [1.82, 2.24) is 0 Å². The largest absolute Gasteiger partial charge is 0.236 e. The monoisotopic (exact) mass is 308 g/mol. The summed E-state index contributed by atoms with van der Waals surface area (Å²) in [5.41, 5.74) is 1.61. The highest BCUT2D eigenvalue weighted by atomic mass is 79.9.